The minimum atomic E-state index is -0.520. The molecule has 0 radical (unpaired) electrons. The van der Waals surface area contributed by atoms with Gasteiger partial charge in [0.2, 0.25) is 0 Å². The molecule has 1 heterocycles. The molecule has 0 saturated carbocycles. The Morgan fingerprint density at radius 1 is 0.923 bits per heavy atom. The number of fused-ring (bicyclic) bond motifs is 1. The summed E-state index contributed by atoms with van der Waals surface area (Å²) < 4.78 is 16.2. The number of amides is 2. The van der Waals surface area contributed by atoms with Gasteiger partial charge in [0.1, 0.15) is 23.1 Å². The number of hydrogen-bond acceptors (Lipinski definition) is 7. The fraction of sp³-hybridized carbons (Fsp3) is 0.367. The number of esters is 1. The molecule has 4 rings (SSSR count). The second-order valence-corrected chi connectivity index (χ2v) is 10.9. The predicted octanol–water partition coefficient (Wildman–Crippen LogP) is 4.86. The Kier molecular flexibility index (Phi) is 9.59. The van der Waals surface area contributed by atoms with Gasteiger partial charge in [-0.25, -0.2) is 4.79 Å². The first kappa shape index (κ1) is 28.2. The fourth-order valence-corrected chi connectivity index (χ4v) is 5.69. The highest BCUT2D eigenvalue weighted by Gasteiger charge is 2.28. The van der Waals surface area contributed by atoms with Gasteiger partial charge in [-0.2, -0.15) is 0 Å². The van der Waals surface area contributed by atoms with Crippen molar-refractivity contribution in [2.45, 2.75) is 40.0 Å². The normalized spacial score (nSPS) is 14.2. The maximum Gasteiger partial charge on any atom is 0.344 e. The maximum absolute atomic E-state index is 13.2. The number of carbonyl (C=O) groups excluding carboxylic acids is 3. The predicted molar refractivity (Wildman–Crippen MR) is 151 cm³/mol. The van der Waals surface area contributed by atoms with Crippen LogP contribution in [0.1, 0.15) is 45.3 Å². The zero-order chi connectivity index (χ0) is 27.8. The molecule has 1 aliphatic rings. The Balaban J connectivity index is 1.30. The third kappa shape index (κ3) is 8.07. The topological polar surface area (TPSA) is 103 Å². The largest absolute Gasteiger partial charge is 0.484 e. The second-order valence-electron chi connectivity index (χ2n) is 9.78. The van der Waals surface area contributed by atoms with Crippen LogP contribution in [0, 0.1) is 19.8 Å². The van der Waals surface area contributed by atoms with Crippen molar-refractivity contribution >= 4 is 34.1 Å². The number of anilines is 1. The van der Waals surface area contributed by atoms with E-state index in [-0.39, 0.29) is 38.2 Å². The average molecular weight is 551 g/mol. The van der Waals surface area contributed by atoms with Crippen LogP contribution in [0.15, 0.2) is 48.5 Å². The summed E-state index contributed by atoms with van der Waals surface area (Å²) >= 11 is 1.45. The molecule has 2 N–H and O–H groups in total. The molecule has 39 heavy (non-hydrogen) atoms. The van der Waals surface area contributed by atoms with Gasteiger partial charge in [-0.1, -0.05) is 42.3 Å². The van der Waals surface area contributed by atoms with Crippen LogP contribution in [0.2, 0.25) is 0 Å². The highest BCUT2D eigenvalue weighted by molar-refractivity contribution is 7.17. The van der Waals surface area contributed by atoms with E-state index in [1.807, 2.05) is 50.2 Å². The van der Waals surface area contributed by atoms with E-state index in [1.54, 1.807) is 12.1 Å². The molecule has 8 nitrogen and oxygen atoms in total. The van der Waals surface area contributed by atoms with E-state index in [9.17, 15) is 14.4 Å². The fourth-order valence-electron chi connectivity index (χ4n) is 4.26. The molecule has 206 valence electrons. The standard InChI is InChI=1S/C30H34N2O6S/c1-19-4-9-22(10-5-19)37-17-26(33)32-30-28(24-13-8-21(3)16-25(24)39-30)29(35)31-14-15-36-27(34)18-38-23-11-6-20(2)7-12-23/h4-7,9-12,21H,8,13-18H2,1-3H3,(H,31,35)(H,32,33). The monoisotopic (exact) mass is 550 g/mol. The maximum atomic E-state index is 13.2. The number of hydrogen-bond donors (Lipinski definition) is 2. The van der Waals surface area contributed by atoms with Crippen LogP contribution in [0.5, 0.6) is 11.5 Å². The summed E-state index contributed by atoms with van der Waals surface area (Å²) in [5.74, 6) is 0.547. The number of ether oxygens (including phenoxy) is 3. The number of aryl methyl sites for hydroxylation is 2. The van der Waals surface area contributed by atoms with Crippen LogP contribution in [0.4, 0.5) is 5.00 Å². The van der Waals surface area contributed by atoms with Crippen molar-refractivity contribution in [3.05, 3.63) is 75.7 Å². The smallest absolute Gasteiger partial charge is 0.344 e. The van der Waals surface area contributed by atoms with E-state index in [0.29, 0.717) is 28.0 Å². The first-order valence-electron chi connectivity index (χ1n) is 13.1. The van der Waals surface area contributed by atoms with E-state index in [4.69, 9.17) is 14.2 Å². The van der Waals surface area contributed by atoms with Gasteiger partial charge in [-0.15, -0.1) is 11.3 Å². The highest BCUT2D eigenvalue weighted by atomic mass is 32.1. The zero-order valence-electron chi connectivity index (χ0n) is 22.5. The molecular weight excluding hydrogens is 516 g/mol. The Morgan fingerprint density at radius 2 is 1.54 bits per heavy atom. The van der Waals surface area contributed by atoms with Crippen molar-refractivity contribution in [1.29, 1.82) is 0 Å². The van der Waals surface area contributed by atoms with Crippen LogP contribution in [0.3, 0.4) is 0 Å². The van der Waals surface area contributed by atoms with Crippen LogP contribution in [-0.4, -0.2) is 44.1 Å². The van der Waals surface area contributed by atoms with Crippen molar-refractivity contribution in [2.24, 2.45) is 5.92 Å². The van der Waals surface area contributed by atoms with Crippen molar-refractivity contribution in [3.63, 3.8) is 0 Å². The Bertz CT molecular complexity index is 1300. The number of nitrogens with one attached hydrogen (secondary N) is 2. The van der Waals surface area contributed by atoms with Gasteiger partial charge in [0, 0.05) is 4.88 Å². The third-order valence-electron chi connectivity index (χ3n) is 6.41. The summed E-state index contributed by atoms with van der Waals surface area (Å²) in [6.45, 7) is 5.91. The summed E-state index contributed by atoms with van der Waals surface area (Å²) in [5, 5.41) is 6.23. The lowest BCUT2D eigenvalue weighted by Crippen LogP contribution is -2.30. The Morgan fingerprint density at radius 3 is 2.18 bits per heavy atom. The van der Waals surface area contributed by atoms with E-state index in [2.05, 4.69) is 17.6 Å². The first-order chi connectivity index (χ1) is 18.8. The molecule has 3 aromatic rings. The summed E-state index contributed by atoms with van der Waals surface area (Å²) in [6.07, 6.45) is 2.62. The lowest BCUT2D eigenvalue weighted by molar-refractivity contribution is -0.145. The second kappa shape index (κ2) is 13.3. The minimum absolute atomic E-state index is 0.0112. The molecule has 0 spiro atoms. The minimum Gasteiger partial charge on any atom is -0.484 e. The number of rotatable bonds is 11. The van der Waals surface area contributed by atoms with Crippen molar-refractivity contribution in [3.8, 4) is 11.5 Å². The van der Waals surface area contributed by atoms with E-state index >= 15 is 0 Å². The molecule has 1 aliphatic carbocycles. The van der Waals surface area contributed by atoms with Crippen molar-refractivity contribution in [1.82, 2.24) is 5.32 Å². The van der Waals surface area contributed by atoms with Gasteiger partial charge in [0.05, 0.1) is 12.1 Å². The summed E-state index contributed by atoms with van der Waals surface area (Å²) in [6, 6.07) is 14.8. The molecule has 1 unspecified atom stereocenters. The molecule has 1 atom stereocenters. The molecule has 0 fully saturated rings. The summed E-state index contributed by atoms with van der Waals surface area (Å²) in [7, 11) is 0. The van der Waals surface area contributed by atoms with Crippen LogP contribution < -0.4 is 20.1 Å². The molecule has 0 bridgehead atoms. The van der Waals surface area contributed by atoms with Gasteiger partial charge in [0.25, 0.3) is 11.8 Å². The molecule has 2 amide bonds. The molecule has 1 aromatic heterocycles. The molecular formula is C30H34N2O6S. The van der Waals surface area contributed by atoms with Crippen molar-refractivity contribution < 1.29 is 28.6 Å². The molecule has 9 heteroatoms. The number of thiophene rings is 1. The van der Waals surface area contributed by atoms with E-state index in [0.717, 1.165) is 40.8 Å². The lowest BCUT2D eigenvalue weighted by atomic mass is 9.88. The van der Waals surface area contributed by atoms with Crippen LogP contribution >= 0.6 is 11.3 Å². The van der Waals surface area contributed by atoms with Gasteiger partial charge >= 0.3 is 5.97 Å². The first-order valence-corrected chi connectivity index (χ1v) is 13.9. The van der Waals surface area contributed by atoms with Crippen LogP contribution in [0.25, 0.3) is 0 Å². The molecule has 0 saturated heterocycles. The van der Waals surface area contributed by atoms with E-state index in [1.165, 1.54) is 11.3 Å². The Hall–Kier alpha value is -3.85. The lowest BCUT2D eigenvalue weighted by Gasteiger charge is -2.18. The zero-order valence-corrected chi connectivity index (χ0v) is 23.3. The third-order valence-corrected chi connectivity index (χ3v) is 7.58. The SMILES string of the molecule is Cc1ccc(OCC(=O)Nc2sc3c(c2C(=O)NCCOC(=O)COc2ccc(C)cc2)CCC(C)C3)cc1. The average Bonchev–Trinajstić information content (AvgIpc) is 3.27. The molecule has 0 aliphatic heterocycles. The van der Waals surface area contributed by atoms with Gasteiger partial charge in [-0.05, 0) is 68.9 Å². The van der Waals surface area contributed by atoms with Crippen LogP contribution in [-0.2, 0) is 27.2 Å². The quantitative estimate of drug-likeness (QED) is 0.261. The highest BCUT2D eigenvalue weighted by Crippen LogP contribution is 2.39. The van der Waals surface area contributed by atoms with Gasteiger partial charge in [-0.3, -0.25) is 9.59 Å². The number of benzene rings is 2. The summed E-state index contributed by atoms with van der Waals surface area (Å²) in [5.41, 5.74) is 3.67. The van der Waals surface area contributed by atoms with Crippen molar-refractivity contribution in [2.75, 3.05) is 31.7 Å². The summed E-state index contributed by atoms with van der Waals surface area (Å²) in [4.78, 5) is 39.0. The van der Waals surface area contributed by atoms with E-state index < -0.39 is 5.97 Å². The number of carbonyl (C=O) groups is 3. The van der Waals surface area contributed by atoms with Gasteiger partial charge in [0.15, 0.2) is 13.2 Å². The Labute approximate surface area is 232 Å². The van der Waals surface area contributed by atoms with Gasteiger partial charge < -0.3 is 24.8 Å². The molecule has 2 aromatic carbocycles.